The second-order valence-electron chi connectivity index (χ2n) is 6.44. The van der Waals surface area contributed by atoms with Gasteiger partial charge in [-0.3, -0.25) is 9.59 Å². The lowest BCUT2D eigenvalue weighted by molar-refractivity contribution is -0.136. The zero-order valence-electron chi connectivity index (χ0n) is 14.2. The van der Waals surface area contributed by atoms with Crippen LogP contribution in [0.2, 0.25) is 0 Å². The van der Waals surface area contributed by atoms with Gasteiger partial charge in [-0.05, 0) is 24.6 Å². The predicted molar refractivity (Wildman–Crippen MR) is 90.0 cm³/mol. The van der Waals surface area contributed by atoms with E-state index in [-0.39, 0.29) is 30.2 Å². The summed E-state index contributed by atoms with van der Waals surface area (Å²) in [6.07, 6.45) is 1.84. The molecule has 2 amide bonds. The summed E-state index contributed by atoms with van der Waals surface area (Å²) >= 11 is 0. The number of hydrogen-bond acceptors (Lipinski definition) is 3. The Morgan fingerprint density at radius 2 is 2.00 bits per heavy atom. The Hall–Kier alpha value is -2.56. The van der Waals surface area contributed by atoms with Crippen molar-refractivity contribution in [2.24, 2.45) is 5.92 Å². The quantitative estimate of drug-likeness (QED) is 0.868. The van der Waals surface area contributed by atoms with Gasteiger partial charge in [0.2, 0.25) is 11.8 Å². The van der Waals surface area contributed by atoms with Crippen LogP contribution in [0.4, 0.5) is 0 Å². The fourth-order valence-corrected chi connectivity index (χ4v) is 3.31. The zero-order valence-corrected chi connectivity index (χ0v) is 14.2. The number of hydrogen-bond donors (Lipinski definition) is 0. The number of benzene rings is 1. The van der Waals surface area contributed by atoms with Crippen molar-refractivity contribution >= 4 is 11.8 Å². The molecule has 2 heterocycles. The molecule has 0 unspecified atom stereocenters. The summed E-state index contributed by atoms with van der Waals surface area (Å²) in [4.78, 5) is 28.5. The highest BCUT2D eigenvalue weighted by Gasteiger charge is 2.43. The molecule has 2 aromatic rings. The third kappa shape index (κ3) is 3.07. The summed E-state index contributed by atoms with van der Waals surface area (Å²) in [5.41, 5.74) is 2.15. The Kier molecular flexibility index (Phi) is 4.42. The van der Waals surface area contributed by atoms with Crippen LogP contribution >= 0.6 is 0 Å². The molecule has 0 spiro atoms. The maximum atomic E-state index is 12.9. The van der Waals surface area contributed by atoms with Crippen LogP contribution < -0.4 is 0 Å². The molecule has 5 heteroatoms. The molecule has 2 atom stereocenters. The molecule has 126 valence electrons. The molecule has 1 aliphatic rings. The van der Waals surface area contributed by atoms with Crippen molar-refractivity contribution in [1.82, 2.24) is 9.80 Å². The predicted octanol–water partition coefficient (Wildman–Crippen LogP) is 2.77. The van der Waals surface area contributed by atoms with Gasteiger partial charge < -0.3 is 14.2 Å². The summed E-state index contributed by atoms with van der Waals surface area (Å²) in [5, 5.41) is 0. The Labute approximate surface area is 141 Å². The number of amides is 2. The van der Waals surface area contributed by atoms with Crippen molar-refractivity contribution in [3.05, 3.63) is 59.5 Å². The molecular formula is C19H22N2O3. The minimum Gasteiger partial charge on any atom is -0.467 e. The van der Waals surface area contributed by atoms with Crippen LogP contribution in [0.5, 0.6) is 0 Å². The molecule has 0 N–H and O–H groups in total. The van der Waals surface area contributed by atoms with Gasteiger partial charge in [-0.15, -0.1) is 0 Å². The van der Waals surface area contributed by atoms with Crippen LogP contribution in [0.1, 0.15) is 29.3 Å². The molecular weight excluding hydrogens is 304 g/mol. The van der Waals surface area contributed by atoms with Gasteiger partial charge in [-0.2, -0.15) is 0 Å². The minimum absolute atomic E-state index is 0.00493. The van der Waals surface area contributed by atoms with Crippen molar-refractivity contribution in [2.45, 2.75) is 25.9 Å². The summed E-state index contributed by atoms with van der Waals surface area (Å²) in [6, 6.07) is 11.5. The maximum Gasteiger partial charge on any atom is 0.228 e. The molecule has 1 aromatic heterocycles. The van der Waals surface area contributed by atoms with Gasteiger partial charge >= 0.3 is 0 Å². The lowest BCUT2D eigenvalue weighted by atomic mass is 9.92. The van der Waals surface area contributed by atoms with Crippen molar-refractivity contribution in [3.63, 3.8) is 0 Å². The van der Waals surface area contributed by atoms with E-state index in [1.54, 1.807) is 36.2 Å². The first-order chi connectivity index (χ1) is 11.5. The van der Waals surface area contributed by atoms with E-state index in [0.29, 0.717) is 6.54 Å². The number of likely N-dealkylation sites (tertiary alicyclic amines) is 1. The Bertz CT molecular complexity index is 722. The monoisotopic (exact) mass is 326 g/mol. The normalized spacial score (nSPS) is 20.5. The number of aryl methyl sites for hydroxylation is 1. The molecule has 0 saturated carbocycles. The molecule has 1 aromatic carbocycles. The van der Waals surface area contributed by atoms with Gasteiger partial charge in [0.25, 0.3) is 0 Å². The van der Waals surface area contributed by atoms with Crippen molar-refractivity contribution in [2.75, 3.05) is 14.1 Å². The first kappa shape index (κ1) is 16.3. The van der Waals surface area contributed by atoms with Crippen LogP contribution in [0.25, 0.3) is 0 Å². The summed E-state index contributed by atoms with van der Waals surface area (Å²) in [6.45, 7) is 2.42. The molecule has 1 fully saturated rings. The summed E-state index contributed by atoms with van der Waals surface area (Å²) in [7, 11) is 3.52. The highest BCUT2D eigenvalue weighted by Crippen LogP contribution is 2.38. The molecule has 3 rings (SSSR count). The van der Waals surface area contributed by atoms with Crippen LogP contribution in [0, 0.1) is 12.8 Å². The molecule has 1 aliphatic heterocycles. The fraction of sp³-hybridized carbons (Fsp3) is 0.368. The smallest absolute Gasteiger partial charge is 0.228 e. The SMILES string of the molecule is Cc1ccc([C@@H]2[C@H](C(=O)N(C)Cc3ccco3)CC(=O)N2C)cc1. The van der Waals surface area contributed by atoms with E-state index in [9.17, 15) is 9.59 Å². The largest absolute Gasteiger partial charge is 0.467 e. The van der Waals surface area contributed by atoms with Crippen molar-refractivity contribution in [3.8, 4) is 0 Å². The van der Waals surface area contributed by atoms with Gasteiger partial charge in [0.1, 0.15) is 5.76 Å². The first-order valence-electron chi connectivity index (χ1n) is 8.07. The highest BCUT2D eigenvalue weighted by molar-refractivity contribution is 5.90. The first-order valence-corrected chi connectivity index (χ1v) is 8.07. The van der Waals surface area contributed by atoms with Crippen molar-refractivity contribution in [1.29, 1.82) is 0 Å². The van der Waals surface area contributed by atoms with Crippen molar-refractivity contribution < 1.29 is 14.0 Å². The second kappa shape index (κ2) is 6.51. The second-order valence-corrected chi connectivity index (χ2v) is 6.44. The van der Waals surface area contributed by atoms with E-state index >= 15 is 0 Å². The Morgan fingerprint density at radius 1 is 1.29 bits per heavy atom. The number of furan rings is 1. The average Bonchev–Trinajstić information content (AvgIpc) is 3.17. The standard InChI is InChI=1S/C19H22N2O3/c1-13-6-8-14(9-7-13)18-16(11-17(22)21(18)3)19(23)20(2)12-15-5-4-10-24-15/h4-10,16,18H,11-12H2,1-3H3/t16-,18-/m1/s1. The van der Waals surface area contributed by atoms with Crippen LogP contribution in [0.3, 0.4) is 0 Å². The van der Waals surface area contributed by atoms with E-state index in [0.717, 1.165) is 16.9 Å². The lowest BCUT2D eigenvalue weighted by Crippen LogP contribution is -2.35. The van der Waals surface area contributed by atoms with E-state index < -0.39 is 0 Å². The van der Waals surface area contributed by atoms with Crippen LogP contribution in [0.15, 0.2) is 47.1 Å². The van der Waals surface area contributed by atoms with Gasteiger partial charge in [0.15, 0.2) is 0 Å². The Morgan fingerprint density at radius 3 is 2.62 bits per heavy atom. The minimum atomic E-state index is -0.370. The van der Waals surface area contributed by atoms with Gasteiger partial charge in [0.05, 0.1) is 24.8 Å². The van der Waals surface area contributed by atoms with Gasteiger partial charge in [-0.25, -0.2) is 0 Å². The van der Waals surface area contributed by atoms with Gasteiger partial charge in [0, 0.05) is 20.5 Å². The summed E-state index contributed by atoms with van der Waals surface area (Å²) in [5.74, 6) is 0.334. The summed E-state index contributed by atoms with van der Waals surface area (Å²) < 4.78 is 5.31. The van der Waals surface area contributed by atoms with E-state index in [1.807, 2.05) is 37.3 Å². The molecule has 5 nitrogen and oxygen atoms in total. The third-order valence-electron chi connectivity index (χ3n) is 4.67. The zero-order chi connectivity index (χ0) is 17.3. The molecule has 1 saturated heterocycles. The molecule has 0 aliphatic carbocycles. The number of carbonyl (C=O) groups excluding carboxylic acids is 2. The topological polar surface area (TPSA) is 53.8 Å². The molecule has 24 heavy (non-hydrogen) atoms. The maximum absolute atomic E-state index is 12.9. The van der Waals surface area contributed by atoms with E-state index in [2.05, 4.69) is 0 Å². The van der Waals surface area contributed by atoms with Crippen LogP contribution in [-0.2, 0) is 16.1 Å². The average molecular weight is 326 g/mol. The molecule has 0 bridgehead atoms. The van der Waals surface area contributed by atoms with E-state index in [1.165, 1.54) is 0 Å². The number of rotatable bonds is 4. The highest BCUT2D eigenvalue weighted by atomic mass is 16.3. The number of carbonyl (C=O) groups is 2. The van der Waals surface area contributed by atoms with Gasteiger partial charge in [-0.1, -0.05) is 29.8 Å². The van der Waals surface area contributed by atoms with E-state index in [4.69, 9.17) is 4.42 Å². The van der Waals surface area contributed by atoms with Crippen LogP contribution in [-0.4, -0.2) is 35.7 Å². The Balaban J connectivity index is 1.82. The molecule has 0 radical (unpaired) electrons. The fourth-order valence-electron chi connectivity index (χ4n) is 3.31. The number of nitrogens with zero attached hydrogens (tertiary/aromatic N) is 2. The lowest BCUT2D eigenvalue weighted by Gasteiger charge is -2.27. The third-order valence-corrected chi connectivity index (χ3v) is 4.67.